The zero-order valence-electron chi connectivity index (χ0n) is 9.82. The minimum absolute atomic E-state index is 0.273. The Morgan fingerprint density at radius 3 is 2.81 bits per heavy atom. The Morgan fingerprint density at radius 1 is 1.44 bits per heavy atom. The van der Waals surface area contributed by atoms with E-state index in [2.05, 4.69) is 0 Å². The van der Waals surface area contributed by atoms with Gasteiger partial charge in [0.1, 0.15) is 0 Å². The molecular weight excluding hydrogens is 218 g/mol. The predicted molar refractivity (Wildman–Crippen MR) is 67.7 cm³/mol. The van der Waals surface area contributed by atoms with Crippen LogP contribution in [0.4, 0.5) is 0 Å². The fourth-order valence-corrected chi connectivity index (χ4v) is 3.05. The van der Waals surface area contributed by atoms with Crippen LogP contribution in [0, 0.1) is 0 Å². The predicted octanol–water partition coefficient (Wildman–Crippen LogP) is 3.08. The molecule has 0 atom stereocenters. The van der Waals surface area contributed by atoms with Crippen LogP contribution in [0.1, 0.15) is 37.0 Å². The van der Waals surface area contributed by atoms with Crippen molar-refractivity contribution in [3.8, 4) is 0 Å². The topological polar surface area (TPSA) is 20.3 Å². The minimum Gasteiger partial charge on any atom is -0.342 e. The molecule has 1 aromatic heterocycles. The zero-order chi connectivity index (χ0) is 11.4. The molecule has 0 spiro atoms. The van der Waals surface area contributed by atoms with E-state index in [1.165, 1.54) is 37.0 Å². The summed E-state index contributed by atoms with van der Waals surface area (Å²) in [6, 6.07) is 4.53. The first-order valence-corrected chi connectivity index (χ1v) is 6.93. The molecule has 2 nitrogen and oxygen atoms in total. The summed E-state index contributed by atoms with van der Waals surface area (Å²) in [6.45, 7) is 0. The molecule has 1 saturated carbocycles. The summed E-state index contributed by atoms with van der Waals surface area (Å²) >= 11 is 1.67. The number of hydrogen-bond donors (Lipinski definition) is 0. The summed E-state index contributed by atoms with van der Waals surface area (Å²) in [7, 11) is 1.96. The van der Waals surface area contributed by atoms with Gasteiger partial charge in [0.15, 0.2) is 0 Å². The van der Waals surface area contributed by atoms with E-state index in [1.54, 1.807) is 11.3 Å². The molecule has 3 heteroatoms. The smallest absolute Gasteiger partial charge is 0.227 e. The van der Waals surface area contributed by atoms with Gasteiger partial charge in [-0.3, -0.25) is 4.79 Å². The molecule has 1 fully saturated rings. The highest BCUT2D eigenvalue weighted by atomic mass is 32.1. The zero-order valence-corrected chi connectivity index (χ0v) is 10.6. The van der Waals surface area contributed by atoms with Gasteiger partial charge in [-0.2, -0.15) is 0 Å². The molecule has 1 aromatic rings. The molecule has 0 aliphatic heterocycles. The first kappa shape index (κ1) is 11.6. The Kier molecular flexibility index (Phi) is 3.99. The molecule has 16 heavy (non-hydrogen) atoms. The highest BCUT2D eigenvalue weighted by Gasteiger charge is 2.21. The van der Waals surface area contributed by atoms with Gasteiger partial charge < -0.3 is 4.90 Å². The molecule has 88 valence electrons. The summed E-state index contributed by atoms with van der Waals surface area (Å²) in [5.41, 5.74) is 0. The lowest BCUT2D eigenvalue weighted by molar-refractivity contribution is -0.131. The van der Waals surface area contributed by atoms with E-state index in [-0.39, 0.29) is 5.91 Å². The third-order valence-electron chi connectivity index (χ3n) is 3.42. The first-order chi connectivity index (χ1) is 7.77. The normalized spacial score (nSPS) is 17.3. The van der Waals surface area contributed by atoms with Crippen molar-refractivity contribution in [3.63, 3.8) is 0 Å². The van der Waals surface area contributed by atoms with Gasteiger partial charge in [-0.05, 0) is 24.3 Å². The minimum atomic E-state index is 0.273. The van der Waals surface area contributed by atoms with E-state index in [1.807, 2.05) is 29.5 Å². The summed E-state index contributed by atoms with van der Waals surface area (Å²) in [6.07, 6.45) is 6.84. The van der Waals surface area contributed by atoms with Gasteiger partial charge in [0.2, 0.25) is 5.91 Å². The van der Waals surface area contributed by atoms with Crippen molar-refractivity contribution in [1.29, 1.82) is 0 Å². The van der Waals surface area contributed by atoms with Gasteiger partial charge in [0, 0.05) is 18.0 Å². The summed E-state index contributed by atoms with van der Waals surface area (Å²) in [5.74, 6) is 0.273. The average molecular weight is 237 g/mol. The van der Waals surface area contributed by atoms with E-state index in [0.717, 1.165) is 0 Å². The number of thiophene rings is 1. The quantitative estimate of drug-likeness (QED) is 0.791. The number of amides is 1. The highest BCUT2D eigenvalue weighted by molar-refractivity contribution is 7.10. The van der Waals surface area contributed by atoms with Crippen LogP contribution in [0.5, 0.6) is 0 Å². The Hall–Kier alpha value is -0.830. The molecule has 1 amide bonds. The molecule has 0 bridgehead atoms. The lowest BCUT2D eigenvalue weighted by Gasteiger charge is -2.31. The number of carbonyl (C=O) groups is 1. The number of carbonyl (C=O) groups excluding carboxylic acids is 1. The first-order valence-electron chi connectivity index (χ1n) is 6.05. The van der Waals surface area contributed by atoms with Crippen molar-refractivity contribution in [3.05, 3.63) is 22.4 Å². The average Bonchev–Trinajstić information content (AvgIpc) is 2.82. The van der Waals surface area contributed by atoms with Crippen LogP contribution in [0.25, 0.3) is 0 Å². The van der Waals surface area contributed by atoms with E-state index < -0.39 is 0 Å². The van der Waals surface area contributed by atoms with Crippen LogP contribution in [-0.2, 0) is 11.2 Å². The number of rotatable bonds is 3. The lowest BCUT2D eigenvalue weighted by Crippen LogP contribution is -2.39. The van der Waals surface area contributed by atoms with Crippen molar-refractivity contribution in [2.24, 2.45) is 0 Å². The van der Waals surface area contributed by atoms with Crippen molar-refractivity contribution in [1.82, 2.24) is 4.90 Å². The summed E-state index contributed by atoms with van der Waals surface area (Å²) < 4.78 is 0. The number of hydrogen-bond acceptors (Lipinski definition) is 2. The van der Waals surface area contributed by atoms with E-state index in [0.29, 0.717) is 12.5 Å². The van der Waals surface area contributed by atoms with Gasteiger partial charge in [0.25, 0.3) is 0 Å². The SMILES string of the molecule is CN(C(=O)Cc1cccs1)C1CCCCC1. The lowest BCUT2D eigenvalue weighted by atomic mass is 9.94. The van der Waals surface area contributed by atoms with Crippen LogP contribution >= 0.6 is 11.3 Å². The van der Waals surface area contributed by atoms with Gasteiger partial charge in [0.05, 0.1) is 6.42 Å². The Balaban J connectivity index is 1.88. The van der Waals surface area contributed by atoms with Crippen LogP contribution in [0.15, 0.2) is 17.5 Å². The maximum Gasteiger partial charge on any atom is 0.227 e. The Morgan fingerprint density at radius 2 is 2.19 bits per heavy atom. The van der Waals surface area contributed by atoms with Crippen molar-refractivity contribution in [2.75, 3.05) is 7.05 Å². The Bertz CT molecular complexity index is 328. The van der Waals surface area contributed by atoms with Crippen molar-refractivity contribution < 1.29 is 4.79 Å². The molecule has 0 unspecified atom stereocenters. The maximum atomic E-state index is 12.0. The monoisotopic (exact) mass is 237 g/mol. The van der Waals surface area contributed by atoms with Crippen molar-refractivity contribution in [2.45, 2.75) is 44.6 Å². The largest absolute Gasteiger partial charge is 0.342 e. The molecule has 1 heterocycles. The third kappa shape index (κ3) is 2.85. The van der Waals surface area contributed by atoms with Gasteiger partial charge in [-0.15, -0.1) is 11.3 Å². The van der Waals surface area contributed by atoms with E-state index in [4.69, 9.17) is 0 Å². The van der Waals surface area contributed by atoms with Crippen LogP contribution in [-0.4, -0.2) is 23.9 Å². The molecule has 2 rings (SSSR count). The Labute approximate surface area is 101 Å². The molecule has 1 aliphatic carbocycles. The van der Waals surface area contributed by atoms with Crippen LogP contribution in [0.2, 0.25) is 0 Å². The summed E-state index contributed by atoms with van der Waals surface area (Å²) in [5, 5.41) is 2.03. The fourth-order valence-electron chi connectivity index (χ4n) is 2.36. The highest BCUT2D eigenvalue weighted by Crippen LogP contribution is 2.22. The van der Waals surface area contributed by atoms with Gasteiger partial charge in [-0.25, -0.2) is 0 Å². The second-order valence-electron chi connectivity index (χ2n) is 4.55. The van der Waals surface area contributed by atoms with E-state index >= 15 is 0 Å². The molecule has 0 radical (unpaired) electrons. The molecular formula is C13H19NOS. The van der Waals surface area contributed by atoms with Gasteiger partial charge in [-0.1, -0.05) is 25.3 Å². The number of nitrogens with zero attached hydrogens (tertiary/aromatic N) is 1. The number of likely N-dealkylation sites (N-methyl/N-ethyl adjacent to an activating group) is 1. The molecule has 0 saturated heterocycles. The molecule has 0 aromatic carbocycles. The second kappa shape index (κ2) is 5.48. The second-order valence-corrected chi connectivity index (χ2v) is 5.58. The third-order valence-corrected chi connectivity index (χ3v) is 4.30. The molecule has 1 aliphatic rings. The van der Waals surface area contributed by atoms with Gasteiger partial charge >= 0.3 is 0 Å². The van der Waals surface area contributed by atoms with Crippen LogP contribution < -0.4 is 0 Å². The van der Waals surface area contributed by atoms with E-state index in [9.17, 15) is 4.79 Å². The molecule has 0 N–H and O–H groups in total. The maximum absolute atomic E-state index is 12.0. The van der Waals surface area contributed by atoms with Crippen molar-refractivity contribution >= 4 is 17.2 Å². The fraction of sp³-hybridized carbons (Fsp3) is 0.615. The van der Waals surface area contributed by atoms with Crippen LogP contribution in [0.3, 0.4) is 0 Å². The summed E-state index contributed by atoms with van der Waals surface area (Å²) in [4.78, 5) is 15.2. The standard InChI is InChI=1S/C13H19NOS/c1-14(11-6-3-2-4-7-11)13(15)10-12-8-5-9-16-12/h5,8-9,11H,2-4,6-7,10H2,1H3.